The number of benzene rings is 1. The number of aromatic nitrogens is 2. The average Bonchev–Trinajstić information content (AvgIpc) is 3.36. The lowest BCUT2D eigenvalue weighted by molar-refractivity contribution is -0.133. The van der Waals surface area contributed by atoms with Crippen molar-refractivity contribution in [3.05, 3.63) is 52.7 Å². The van der Waals surface area contributed by atoms with Crippen LogP contribution in [0.2, 0.25) is 0 Å². The Bertz CT molecular complexity index is 997. The fourth-order valence-corrected chi connectivity index (χ4v) is 4.38. The van der Waals surface area contributed by atoms with Gasteiger partial charge in [0.1, 0.15) is 11.6 Å². The Labute approximate surface area is 181 Å². The molecule has 3 heterocycles. The fourth-order valence-electron chi connectivity index (χ4n) is 4.38. The van der Waals surface area contributed by atoms with Crippen LogP contribution in [0.3, 0.4) is 0 Å². The third-order valence-corrected chi connectivity index (χ3v) is 6.05. The quantitative estimate of drug-likeness (QED) is 0.681. The number of halogens is 1. The molecule has 1 fully saturated rings. The molecule has 1 atom stereocenters. The van der Waals surface area contributed by atoms with Gasteiger partial charge < -0.3 is 9.64 Å². The lowest BCUT2D eigenvalue weighted by Gasteiger charge is -2.25. The van der Waals surface area contributed by atoms with Crippen molar-refractivity contribution in [1.82, 2.24) is 14.9 Å². The highest BCUT2D eigenvalue weighted by atomic mass is 19.1. The second kappa shape index (κ2) is 9.09. The SMILES string of the molecule is COCCC(=O)N1CCC[C@H]1c1nc(C)c2c(n1)N(CCc1ccccc1F)C(=O)C2. The van der Waals surface area contributed by atoms with Crippen molar-refractivity contribution in [1.29, 1.82) is 0 Å². The number of aryl methyl sites for hydroxylation is 1. The molecular weight excluding hydrogens is 399 g/mol. The fraction of sp³-hybridized carbons (Fsp3) is 0.478. The van der Waals surface area contributed by atoms with Crippen LogP contribution >= 0.6 is 0 Å². The Morgan fingerprint density at radius 2 is 2.10 bits per heavy atom. The summed E-state index contributed by atoms with van der Waals surface area (Å²) in [7, 11) is 1.58. The number of carbonyl (C=O) groups is 2. The van der Waals surface area contributed by atoms with Gasteiger partial charge in [-0.25, -0.2) is 14.4 Å². The van der Waals surface area contributed by atoms with E-state index in [1.165, 1.54) is 6.07 Å². The Morgan fingerprint density at radius 1 is 1.29 bits per heavy atom. The molecule has 0 radical (unpaired) electrons. The molecule has 4 rings (SSSR count). The molecule has 1 aromatic carbocycles. The van der Waals surface area contributed by atoms with E-state index in [0.717, 1.165) is 24.1 Å². The molecule has 0 aliphatic carbocycles. The molecule has 0 saturated carbocycles. The zero-order valence-electron chi connectivity index (χ0n) is 17.9. The van der Waals surface area contributed by atoms with Gasteiger partial charge in [-0.1, -0.05) is 18.2 Å². The smallest absolute Gasteiger partial charge is 0.232 e. The van der Waals surface area contributed by atoms with Gasteiger partial charge >= 0.3 is 0 Å². The molecule has 7 nitrogen and oxygen atoms in total. The van der Waals surface area contributed by atoms with Crippen LogP contribution < -0.4 is 4.90 Å². The molecule has 164 valence electrons. The summed E-state index contributed by atoms with van der Waals surface area (Å²) in [5.41, 5.74) is 2.15. The molecule has 2 amide bonds. The van der Waals surface area contributed by atoms with E-state index in [0.29, 0.717) is 49.7 Å². The van der Waals surface area contributed by atoms with Gasteiger partial charge in [-0.15, -0.1) is 0 Å². The van der Waals surface area contributed by atoms with E-state index < -0.39 is 0 Å². The van der Waals surface area contributed by atoms with E-state index in [-0.39, 0.29) is 30.1 Å². The molecule has 0 unspecified atom stereocenters. The molecule has 8 heteroatoms. The Hall–Kier alpha value is -2.87. The van der Waals surface area contributed by atoms with E-state index in [1.807, 2.05) is 11.8 Å². The number of carbonyl (C=O) groups excluding carboxylic acids is 2. The van der Waals surface area contributed by atoms with Crippen molar-refractivity contribution < 1.29 is 18.7 Å². The maximum atomic E-state index is 14.0. The lowest BCUT2D eigenvalue weighted by atomic mass is 10.1. The number of hydrogen-bond acceptors (Lipinski definition) is 5. The molecule has 1 aromatic heterocycles. The van der Waals surface area contributed by atoms with Gasteiger partial charge in [0, 0.05) is 31.5 Å². The summed E-state index contributed by atoms with van der Waals surface area (Å²) in [6, 6.07) is 6.40. The highest BCUT2D eigenvalue weighted by Crippen LogP contribution is 2.35. The van der Waals surface area contributed by atoms with Gasteiger partial charge in [0.25, 0.3) is 0 Å². The first-order valence-corrected chi connectivity index (χ1v) is 10.7. The van der Waals surface area contributed by atoms with Gasteiger partial charge in [-0.2, -0.15) is 0 Å². The van der Waals surface area contributed by atoms with Crippen LogP contribution in [0.25, 0.3) is 0 Å². The van der Waals surface area contributed by atoms with Crippen molar-refractivity contribution >= 4 is 17.6 Å². The van der Waals surface area contributed by atoms with Crippen LogP contribution in [0, 0.1) is 12.7 Å². The number of amides is 2. The van der Waals surface area contributed by atoms with Crippen LogP contribution in [-0.2, 0) is 27.2 Å². The van der Waals surface area contributed by atoms with Gasteiger partial charge in [0.05, 0.1) is 25.5 Å². The molecule has 1 saturated heterocycles. The summed E-state index contributed by atoms with van der Waals surface area (Å²) in [6.07, 6.45) is 2.66. The minimum atomic E-state index is -0.273. The van der Waals surface area contributed by atoms with Gasteiger partial charge in [0.15, 0.2) is 5.82 Å². The highest BCUT2D eigenvalue weighted by molar-refractivity contribution is 6.00. The molecule has 2 aromatic rings. The van der Waals surface area contributed by atoms with E-state index in [4.69, 9.17) is 9.72 Å². The Kier molecular flexibility index (Phi) is 6.27. The monoisotopic (exact) mass is 426 g/mol. The summed E-state index contributed by atoms with van der Waals surface area (Å²) in [5, 5.41) is 0. The number of anilines is 1. The predicted octanol–water partition coefficient (Wildman–Crippen LogP) is 2.76. The number of likely N-dealkylation sites (tertiary alicyclic amines) is 1. The first-order chi connectivity index (χ1) is 15.0. The molecule has 0 spiro atoms. The largest absolute Gasteiger partial charge is 0.384 e. The van der Waals surface area contributed by atoms with E-state index in [9.17, 15) is 14.0 Å². The Morgan fingerprint density at radius 3 is 2.87 bits per heavy atom. The van der Waals surface area contributed by atoms with Gasteiger partial charge in [-0.3, -0.25) is 14.5 Å². The number of hydrogen-bond donors (Lipinski definition) is 0. The van der Waals surface area contributed by atoms with Gasteiger partial charge in [0.2, 0.25) is 11.8 Å². The van der Waals surface area contributed by atoms with Crippen molar-refractivity contribution in [2.75, 3.05) is 31.7 Å². The first kappa shape index (κ1) is 21.4. The van der Waals surface area contributed by atoms with Crippen LogP contribution in [0.1, 0.15) is 47.9 Å². The molecule has 2 aliphatic heterocycles. The van der Waals surface area contributed by atoms with Gasteiger partial charge in [-0.05, 0) is 37.8 Å². The standard InChI is InChI=1S/C23H27FN4O3/c1-15-17-14-21(30)28(12-9-16-6-3-4-7-18(16)24)23(17)26-22(25-15)19-8-5-11-27(19)20(29)10-13-31-2/h3-4,6-7,19H,5,8-14H2,1-2H3/t19-/m0/s1. The van der Waals surface area contributed by atoms with Crippen molar-refractivity contribution in [2.24, 2.45) is 0 Å². The summed E-state index contributed by atoms with van der Waals surface area (Å²) in [4.78, 5) is 38.2. The summed E-state index contributed by atoms with van der Waals surface area (Å²) >= 11 is 0. The van der Waals surface area contributed by atoms with Crippen molar-refractivity contribution in [2.45, 2.75) is 45.1 Å². The second-order valence-corrected chi connectivity index (χ2v) is 8.02. The van der Waals surface area contributed by atoms with Crippen LogP contribution in [0.5, 0.6) is 0 Å². The zero-order chi connectivity index (χ0) is 22.0. The molecule has 0 bridgehead atoms. The second-order valence-electron chi connectivity index (χ2n) is 8.02. The van der Waals surface area contributed by atoms with Crippen LogP contribution in [-0.4, -0.2) is 53.5 Å². The first-order valence-electron chi connectivity index (χ1n) is 10.7. The maximum Gasteiger partial charge on any atom is 0.232 e. The van der Waals surface area contributed by atoms with E-state index in [2.05, 4.69) is 4.98 Å². The average molecular weight is 426 g/mol. The minimum absolute atomic E-state index is 0.0265. The predicted molar refractivity (Wildman–Crippen MR) is 113 cm³/mol. The van der Waals surface area contributed by atoms with E-state index in [1.54, 1.807) is 30.2 Å². The molecule has 31 heavy (non-hydrogen) atoms. The normalized spacial score (nSPS) is 18.0. The maximum absolute atomic E-state index is 14.0. The lowest BCUT2D eigenvalue weighted by Crippen LogP contribution is -2.33. The number of nitrogens with zero attached hydrogens (tertiary/aromatic N) is 4. The zero-order valence-corrected chi connectivity index (χ0v) is 17.9. The molecule has 2 aliphatic rings. The van der Waals surface area contributed by atoms with Crippen LogP contribution in [0.4, 0.5) is 10.2 Å². The molecular formula is C23H27FN4O3. The van der Waals surface area contributed by atoms with E-state index >= 15 is 0 Å². The third-order valence-electron chi connectivity index (χ3n) is 6.05. The highest BCUT2D eigenvalue weighted by Gasteiger charge is 2.36. The number of methoxy groups -OCH3 is 1. The Balaban J connectivity index is 1.58. The van der Waals surface area contributed by atoms with Crippen LogP contribution in [0.15, 0.2) is 24.3 Å². The topological polar surface area (TPSA) is 75.6 Å². The summed E-state index contributed by atoms with van der Waals surface area (Å²) in [6.45, 7) is 3.28. The number of fused-ring (bicyclic) bond motifs is 1. The van der Waals surface area contributed by atoms with Crippen molar-refractivity contribution in [3.8, 4) is 0 Å². The minimum Gasteiger partial charge on any atom is -0.384 e. The van der Waals surface area contributed by atoms with Crippen molar-refractivity contribution in [3.63, 3.8) is 0 Å². The number of rotatable bonds is 7. The third kappa shape index (κ3) is 4.30. The summed E-state index contributed by atoms with van der Waals surface area (Å²) in [5.74, 6) is 0.870. The summed E-state index contributed by atoms with van der Waals surface area (Å²) < 4.78 is 19.1. The number of ether oxygens (including phenoxy) is 1. The molecule has 0 N–H and O–H groups in total.